The van der Waals surface area contributed by atoms with Gasteiger partial charge in [-0.25, -0.2) is 9.88 Å². The van der Waals surface area contributed by atoms with Gasteiger partial charge in [0.25, 0.3) is 11.8 Å². The van der Waals surface area contributed by atoms with Crippen molar-refractivity contribution in [3.05, 3.63) is 107 Å². The first-order chi connectivity index (χ1) is 16.9. The summed E-state index contributed by atoms with van der Waals surface area (Å²) in [6.07, 6.45) is 1.68. The van der Waals surface area contributed by atoms with Gasteiger partial charge in [-0.2, -0.15) is 0 Å². The third-order valence-corrected chi connectivity index (χ3v) is 6.54. The minimum Gasteiger partial charge on any atom is -0.274 e. The van der Waals surface area contributed by atoms with E-state index in [2.05, 4.69) is 4.98 Å². The number of thiazole rings is 1. The molecule has 3 amide bonds. The van der Waals surface area contributed by atoms with E-state index in [9.17, 15) is 14.4 Å². The van der Waals surface area contributed by atoms with E-state index in [1.165, 1.54) is 28.1 Å². The third kappa shape index (κ3) is 4.18. The molecule has 1 aromatic heterocycles. The highest BCUT2D eigenvalue weighted by atomic mass is 32.1. The van der Waals surface area contributed by atoms with Crippen LogP contribution in [0.3, 0.4) is 0 Å². The maximum atomic E-state index is 13.6. The lowest BCUT2D eigenvalue weighted by molar-refractivity contribution is -0.116. The molecule has 35 heavy (non-hydrogen) atoms. The van der Waals surface area contributed by atoms with E-state index in [0.717, 1.165) is 5.56 Å². The molecule has 7 heteroatoms. The molecule has 1 aliphatic rings. The fourth-order valence-electron chi connectivity index (χ4n) is 4.02. The Morgan fingerprint density at radius 2 is 1.54 bits per heavy atom. The number of rotatable bonds is 4. The number of amides is 3. The lowest BCUT2D eigenvalue weighted by Crippen LogP contribution is -2.41. The van der Waals surface area contributed by atoms with Crippen LogP contribution in [0.25, 0.3) is 11.6 Å². The van der Waals surface area contributed by atoms with Crippen molar-refractivity contribution in [1.29, 1.82) is 0 Å². The Labute approximate surface area is 206 Å². The van der Waals surface area contributed by atoms with E-state index in [1.807, 2.05) is 49.4 Å². The van der Waals surface area contributed by atoms with Gasteiger partial charge in [0.1, 0.15) is 0 Å². The van der Waals surface area contributed by atoms with Crippen LogP contribution in [0, 0.1) is 6.92 Å². The van der Waals surface area contributed by atoms with E-state index >= 15 is 0 Å². The summed E-state index contributed by atoms with van der Waals surface area (Å²) in [6, 6.07) is 23.6. The first kappa shape index (κ1) is 22.4. The fourth-order valence-corrected chi connectivity index (χ4v) is 4.86. The Balaban J connectivity index is 1.58. The van der Waals surface area contributed by atoms with Crippen LogP contribution in [0.2, 0.25) is 0 Å². The van der Waals surface area contributed by atoms with Gasteiger partial charge in [0.2, 0.25) is 5.91 Å². The second-order valence-electron chi connectivity index (χ2n) is 8.13. The first-order valence-corrected chi connectivity index (χ1v) is 11.9. The molecule has 5 rings (SSSR count). The second kappa shape index (κ2) is 9.12. The van der Waals surface area contributed by atoms with Gasteiger partial charge in [-0.1, -0.05) is 54.1 Å². The molecule has 3 aromatic carbocycles. The summed E-state index contributed by atoms with van der Waals surface area (Å²) in [5, 5.41) is 2.29. The van der Waals surface area contributed by atoms with Crippen LogP contribution in [-0.2, 0) is 9.59 Å². The van der Waals surface area contributed by atoms with Gasteiger partial charge in [-0.15, -0.1) is 11.3 Å². The van der Waals surface area contributed by atoms with E-state index in [0.29, 0.717) is 38.9 Å². The highest BCUT2D eigenvalue weighted by molar-refractivity contribution is 7.14. The van der Waals surface area contributed by atoms with Crippen LogP contribution >= 0.6 is 11.3 Å². The normalized spacial score (nSPS) is 14.2. The lowest BCUT2D eigenvalue weighted by Gasteiger charge is -2.28. The third-order valence-electron chi connectivity index (χ3n) is 5.70. The van der Waals surface area contributed by atoms with E-state index < -0.39 is 5.91 Å². The molecule has 4 aromatic rings. The van der Waals surface area contributed by atoms with Gasteiger partial charge in [-0.05, 0) is 43.3 Å². The molecule has 0 aliphatic carbocycles. The number of anilines is 3. The fraction of sp³-hybridized carbons (Fsp3) is 0.0714. The molecule has 0 saturated carbocycles. The molecular formula is C28H21N3O3S. The Morgan fingerprint density at radius 1 is 0.886 bits per heavy atom. The summed E-state index contributed by atoms with van der Waals surface area (Å²) in [4.78, 5) is 46.6. The number of aryl methyl sites for hydroxylation is 1. The standard InChI is InChI=1S/C28H21N3O3S/c1-18-12-14-22(15-13-18)31-26(33)24-11-7-6-10-23(24)25(27(31)34)16-20-17-35-28(29-20)30(19(2)32)21-8-4-3-5-9-21/h3-17H,1-2H3/b25-16+. The van der Waals surface area contributed by atoms with Crippen molar-refractivity contribution in [3.63, 3.8) is 0 Å². The average Bonchev–Trinajstić information content (AvgIpc) is 3.31. The average molecular weight is 480 g/mol. The Hall–Kier alpha value is -4.36. The number of hydrogen-bond acceptors (Lipinski definition) is 5. The lowest BCUT2D eigenvalue weighted by atomic mass is 9.92. The molecule has 2 heterocycles. The summed E-state index contributed by atoms with van der Waals surface area (Å²) in [7, 11) is 0. The molecule has 0 atom stereocenters. The van der Waals surface area contributed by atoms with Crippen LogP contribution in [0.15, 0.2) is 84.2 Å². The number of fused-ring (bicyclic) bond motifs is 1. The molecule has 0 radical (unpaired) electrons. The van der Waals surface area contributed by atoms with Gasteiger partial charge in [-0.3, -0.25) is 19.3 Å². The van der Waals surface area contributed by atoms with Crippen LogP contribution in [-0.4, -0.2) is 22.7 Å². The molecule has 0 bridgehead atoms. The second-order valence-corrected chi connectivity index (χ2v) is 8.97. The minimum atomic E-state index is -0.418. The molecule has 0 spiro atoms. The van der Waals surface area contributed by atoms with Crippen molar-refractivity contribution in [3.8, 4) is 0 Å². The minimum absolute atomic E-state index is 0.167. The number of aromatic nitrogens is 1. The number of para-hydroxylation sites is 1. The first-order valence-electron chi connectivity index (χ1n) is 11.0. The van der Waals surface area contributed by atoms with Gasteiger partial charge in [0.15, 0.2) is 5.13 Å². The maximum Gasteiger partial charge on any atom is 0.266 e. The van der Waals surface area contributed by atoms with Crippen LogP contribution in [0.1, 0.15) is 34.1 Å². The summed E-state index contributed by atoms with van der Waals surface area (Å²) in [5.41, 5.74) is 4.16. The number of carbonyl (C=O) groups excluding carboxylic acids is 3. The van der Waals surface area contributed by atoms with Crippen LogP contribution < -0.4 is 9.80 Å². The highest BCUT2D eigenvalue weighted by Crippen LogP contribution is 2.35. The molecule has 1 aliphatic heterocycles. The summed E-state index contributed by atoms with van der Waals surface area (Å²) >= 11 is 1.31. The number of imide groups is 1. The predicted molar refractivity (Wildman–Crippen MR) is 139 cm³/mol. The van der Waals surface area contributed by atoms with Crippen molar-refractivity contribution >= 4 is 57.2 Å². The van der Waals surface area contributed by atoms with Crippen molar-refractivity contribution in [2.45, 2.75) is 13.8 Å². The largest absolute Gasteiger partial charge is 0.274 e. The van der Waals surface area contributed by atoms with Crippen molar-refractivity contribution in [2.75, 3.05) is 9.80 Å². The van der Waals surface area contributed by atoms with Crippen LogP contribution in [0.5, 0.6) is 0 Å². The maximum absolute atomic E-state index is 13.6. The number of hydrogen-bond donors (Lipinski definition) is 0. The Bertz CT molecular complexity index is 1470. The number of nitrogens with zero attached hydrogens (tertiary/aromatic N) is 3. The van der Waals surface area contributed by atoms with Gasteiger partial charge < -0.3 is 0 Å². The quantitative estimate of drug-likeness (QED) is 0.271. The van der Waals surface area contributed by atoms with Crippen molar-refractivity contribution in [2.24, 2.45) is 0 Å². The topological polar surface area (TPSA) is 70.6 Å². The Kier molecular flexibility index (Phi) is 5.84. The highest BCUT2D eigenvalue weighted by Gasteiger charge is 2.36. The summed E-state index contributed by atoms with van der Waals surface area (Å²) in [6.45, 7) is 3.43. The zero-order valence-corrected chi connectivity index (χ0v) is 20.0. The van der Waals surface area contributed by atoms with E-state index in [1.54, 1.807) is 47.9 Å². The molecule has 0 saturated heterocycles. The molecule has 0 unspecified atom stereocenters. The SMILES string of the molecule is CC(=O)N(c1ccccc1)c1nc(/C=C2/C(=O)N(c3ccc(C)cc3)C(=O)c3ccccc32)cs1. The zero-order chi connectivity index (χ0) is 24.5. The van der Waals surface area contributed by atoms with Gasteiger partial charge in [0.05, 0.1) is 22.6 Å². The molecule has 6 nitrogen and oxygen atoms in total. The van der Waals surface area contributed by atoms with Gasteiger partial charge in [0, 0.05) is 23.4 Å². The van der Waals surface area contributed by atoms with Crippen molar-refractivity contribution < 1.29 is 14.4 Å². The van der Waals surface area contributed by atoms with Gasteiger partial charge >= 0.3 is 0 Å². The Morgan fingerprint density at radius 3 is 2.23 bits per heavy atom. The number of carbonyl (C=O) groups is 3. The summed E-state index contributed by atoms with van der Waals surface area (Å²) in [5.74, 6) is -0.948. The monoisotopic (exact) mass is 479 g/mol. The number of benzene rings is 3. The molecule has 0 N–H and O–H groups in total. The smallest absolute Gasteiger partial charge is 0.266 e. The molecule has 172 valence electrons. The molecule has 0 fully saturated rings. The zero-order valence-electron chi connectivity index (χ0n) is 19.1. The van der Waals surface area contributed by atoms with E-state index in [4.69, 9.17) is 0 Å². The van der Waals surface area contributed by atoms with Crippen molar-refractivity contribution in [1.82, 2.24) is 4.98 Å². The predicted octanol–water partition coefficient (Wildman–Crippen LogP) is 5.86. The van der Waals surface area contributed by atoms with E-state index in [-0.39, 0.29) is 11.8 Å². The summed E-state index contributed by atoms with van der Waals surface area (Å²) < 4.78 is 0. The van der Waals surface area contributed by atoms with Crippen LogP contribution in [0.4, 0.5) is 16.5 Å². The molecular weight excluding hydrogens is 458 g/mol.